The largest absolute Gasteiger partial charge is 0.449 e. The first-order valence-corrected chi connectivity index (χ1v) is 10.5. The molecule has 2 bridgehead atoms. The van der Waals surface area contributed by atoms with Crippen LogP contribution in [0.15, 0.2) is 24.3 Å². The molecule has 0 aromatic heterocycles. The normalized spacial score (nSPS) is 29.3. The quantitative estimate of drug-likeness (QED) is 0.640. The van der Waals surface area contributed by atoms with Gasteiger partial charge in [0.2, 0.25) is 5.91 Å². The second-order valence-corrected chi connectivity index (χ2v) is 8.50. The molecule has 3 N–H and O–H groups in total. The summed E-state index contributed by atoms with van der Waals surface area (Å²) in [6, 6.07) is 8.85. The summed E-state index contributed by atoms with van der Waals surface area (Å²) in [6.07, 6.45) is 1.88. The molecule has 0 radical (unpaired) electrons. The Labute approximate surface area is 180 Å². The monoisotopic (exact) mass is 426 g/mol. The van der Waals surface area contributed by atoms with Gasteiger partial charge in [-0.25, -0.2) is 4.79 Å². The number of esters is 1. The third-order valence-corrected chi connectivity index (χ3v) is 6.95. The van der Waals surface area contributed by atoms with Gasteiger partial charge in [-0.2, -0.15) is 5.26 Å². The summed E-state index contributed by atoms with van der Waals surface area (Å²) in [5, 5.41) is 11.6. The van der Waals surface area contributed by atoms with Crippen LogP contribution in [-0.4, -0.2) is 56.2 Å². The van der Waals surface area contributed by atoms with Crippen molar-refractivity contribution in [3.05, 3.63) is 29.8 Å². The molecule has 3 atom stereocenters. The minimum Gasteiger partial charge on any atom is -0.449 e. The Morgan fingerprint density at radius 1 is 1.23 bits per heavy atom. The smallest absolute Gasteiger partial charge is 0.334 e. The van der Waals surface area contributed by atoms with Crippen molar-refractivity contribution >= 4 is 23.5 Å². The van der Waals surface area contributed by atoms with Gasteiger partial charge in [0.05, 0.1) is 18.6 Å². The first-order chi connectivity index (χ1) is 14.9. The van der Waals surface area contributed by atoms with Crippen LogP contribution in [0, 0.1) is 22.7 Å². The number of hydrogen-bond donors (Lipinski definition) is 2. The number of nitrogens with zero attached hydrogens (tertiary/aromatic N) is 2. The molecule has 0 spiro atoms. The van der Waals surface area contributed by atoms with Crippen molar-refractivity contribution in [1.29, 1.82) is 5.26 Å². The lowest BCUT2D eigenvalue weighted by molar-refractivity contribution is -0.160. The molecule has 9 heteroatoms. The molecular formula is C22H26N4O5. The van der Waals surface area contributed by atoms with Gasteiger partial charge in [-0.05, 0) is 55.9 Å². The van der Waals surface area contributed by atoms with E-state index in [2.05, 4.69) is 10.2 Å². The van der Waals surface area contributed by atoms with Gasteiger partial charge < -0.3 is 25.4 Å². The number of amides is 2. The number of hydrogen-bond acceptors (Lipinski definition) is 7. The Morgan fingerprint density at radius 2 is 1.94 bits per heavy atom. The Hall–Kier alpha value is -3.12. The zero-order chi connectivity index (χ0) is 22.1. The van der Waals surface area contributed by atoms with E-state index in [1.54, 1.807) is 18.2 Å². The summed E-state index contributed by atoms with van der Waals surface area (Å²) in [5.41, 5.74) is 4.34. The topological polar surface area (TPSA) is 135 Å². The molecule has 1 aliphatic heterocycles. The molecule has 1 aromatic rings. The van der Waals surface area contributed by atoms with Crippen LogP contribution in [0.3, 0.4) is 0 Å². The zero-order valence-corrected chi connectivity index (χ0v) is 17.3. The number of carbonyl (C=O) groups is 3. The molecule has 2 saturated carbocycles. The van der Waals surface area contributed by atoms with Crippen molar-refractivity contribution < 1.29 is 23.9 Å². The number of primary amides is 1. The van der Waals surface area contributed by atoms with Crippen molar-refractivity contribution in [3.8, 4) is 6.07 Å². The van der Waals surface area contributed by atoms with Gasteiger partial charge in [0.25, 0.3) is 5.91 Å². The number of ether oxygens (including phenoxy) is 2. The van der Waals surface area contributed by atoms with Crippen molar-refractivity contribution in [2.75, 3.05) is 37.8 Å². The van der Waals surface area contributed by atoms with Gasteiger partial charge in [-0.1, -0.05) is 0 Å². The third-order valence-electron chi connectivity index (χ3n) is 6.95. The lowest BCUT2D eigenvalue weighted by atomic mass is 9.67. The average Bonchev–Trinajstić information content (AvgIpc) is 3.36. The van der Waals surface area contributed by atoms with Crippen LogP contribution in [0.4, 0.5) is 5.69 Å². The summed E-state index contributed by atoms with van der Waals surface area (Å²) < 4.78 is 10.5. The lowest BCUT2D eigenvalue weighted by Crippen LogP contribution is -2.67. The molecule has 4 rings (SSSR count). The summed E-state index contributed by atoms with van der Waals surface area (Å²) in [6.45, 7) is 2.42. The number of morpholine rings is 1. The highest BCUT2D eigenvalue weighted by Crippen LogP contribution is 2.60. The highest BCUT2D eigenvalue weighted by molar-refractivity contribution is 6.02. The van der Waals surface area contributed by atoms with Gasteiger partial charge in [0.15, 0.2) is 12.1 Å². The Kier molecular flexibility index (Phi) is 5.58. The molecule has 1 aromatic carbocycles. The van der Waals surface area contributed by atoms with Gasteiger partial charge in [0, 0.05) is 24.3 Å². The maximum atomic E-state index is 13.1. The minimum atomic E-state index is -1.56. The van der Waals surface area contributed by atoms with Crippen LogP contribution in [0.25, 0.3) is 0 Å². The number of nitrogens with two attached hydrogens (primary N) is 1. The van der Waals surface area contributed by atoms with E-state index < -0.39 is 35.3 Å². The fourth-order valence-electron chi connectivity index (χ4n) is 5.40. The summed E-state index contributed by atoms with van der Waals surface area (Å²) in [7, 11) is 0. The van der Waals surface area contributed by atoms with E-state index in [-0.39, 0.29) is 12.3 Å². The third kappa shape index (κ3) is 3.51. The van der Waals surface area contributed by atoms with Crippen molar-refractivity contribution in [3.63, 3.8) is 0 Å². The molecule has 2 amide bonds. The summed E-state index contributed by atoms with van der Waals surface area (Å²) in [4.78, 5) is 40.8. The maximum absolute atomic E-state index is 13.1. The van der Waals surface area contributed by atoms with E-state index >= 15 is 0 Å². The minimum absolute atomic E-state index is 0.0890. The molecule has 164 valence electrons. The van der Waals surface area contributed by atoms with E-state index in [1.807, 2.05) is 12.1 Å². The highest BCUT2D eigenvalue weighted by atomic mass is 16.5. The molecule has 31 heavy (non-hydrogen) atoms. The summed E-state index contributed by atoms with van der Waals surface area (Å²) >= 11 is 0. The molecule has 2 aliphatic carbocycles. The number of rotatable bonds is 6. The van der Waals surface area contributed by atoms with Crippen LogP contribution >= 0.6 is 0 Å². The maximum Gasteiger partial charge on any atom is 0.334 e. The number of fused-ring (bicyclic) bond motifs is 2. The standard InChI is InChI=1S/C22H26N4O5/c23-7-10-31-20(29)22(14-15-5-6-21(22,13-15)19(24)28)25-18(27)16-1-3-17(4-2-16)26-8-11-30-12-9-26/h1-4,15H,5-6,8-14H2,(H2,24,28)(H,25,27). The van der Waals surface area contributed by atoms with Crippen LogP contribution in [0.1, 0.15) is 36.0 Å². The van der Waals surface area contributed by atoms with Crippen LogP contribution in [-0.2, 0) is 19.1 Å². The Balaban J connectivity index is 1.59. The second-order valence-electron chi connectivity index (χ2n) is 8.50. The van der Waals surface area contributed by atoms with E-state index in [9.17, 15) is 14.4 Å². The predicted octanol–water partition coefficient (Wildman–Crippen LogP) is 0.734. The number of nitriles is 1. The fraction of sp³-hybridized carbons (Fsp3) is 0.545. The van der Waals surface area contributed by atoms with Crippen LogP contribution in [0.2, 0.25) is 0 Å². The molecule has 9 nitrogen and oxygen atoms in total. The Bertz CT molecular complexity index is 921. The molecular weight excluding hydrogens is 400 g/mol. The second kappa shape index (κ2) is 8.19. The van der Waals surface area contributed by atoms with Crippen molar-refractivity contribution in [2.24, 2.45) is 17.1 Å². The van der Waals surface area contributed by atoms with Crippen LogP contribution in [0.5, 0.6) is 0 Å². The molecule has 3 fully saturated rings. The first-order valence-electron chi connectivity index (χ1n) is 10.5. The lowest BCUT2D eigenvalue weighted by Gasteiger charge is -2.42. The van der Waals surface area contributed by atoms with Gasteiger partial charge in [-0.3, -0.25) is 9.59 Å². The number of anilines is 1. The zero-order valence-electron chi connectivity index (χ0n) is 17.3. The van der Waals surface area contributed by atoms with Crippen LogP contribution < -0.4 is 16.0 Å². The van der Waals surface area contributed by atoms with Crippen molar-refractivity contribution in [2.45, 2.75) is 31.2 Å². The first kappa shape index (κ1) is 21.1. The van der Waals surface area contributed by atoms with Gasteiger partial charge >= 0.3 is 5.97 Å². The number of benzene rings is 1. The van der Waals surface area contributed by atoms with Gasteiger partial charge in [0.1, 0.15) is 6.07 Å². The molecule has 3 aliphatic rings. The van der Waals surface area contributed by atoms with Gasteiger partial charge in [-0.15, -0.1) is 0 Å². The van der Waals surface area contributed by atoms with E-state index in [1.165, 1.54) is 0 Å². The molecule has 1 saturated heterocycles. The highest BCUT2D eigenvalue weighted by Gasteiger charge is 2.70. The van der Waals surface area contributed by atoms with E-state index in [4.69, 9.17) is 20.5 Å². The molecule has 1 heterocycles. The van der Waals surface area contributed by atoms with Crippen molar-refractivity contribution in [1.82, 2.24) is 5.32 Å². The Morgan fingerprint density at radius 3 is 2.55 bits per heavy atom. The summed E-state index contributed by atoms with van der Waals surface area (Å²) in [5.74, 6) is -1.78. The van der Waals surface area contributed by atoms with E-state index in [0.717, 1.165) is 25.2 Å². The SMILES string of the molecule is N#CCOC(=O)C1(NC(=O)c2ccc(N3CCOCC3)cc2)CC2CCC1(C(N)=O)C2. The fourth-order valence-corrected chi connectivity index (χ4v) is 5.40. The predicted molar refractivity (Wildman–Crippen MR) is 110 cm³/mol. The average molecular weight is 426 g/mol. The molecule has 3 unspecified atom stereocenters. The number of nitrogens with one attached hydrogen (secondary N) is 1. The number of carbonyl (C=O) groups excluding carboxylic acids is 3. The van der Waals surface area contributed by atoms with E-state index in [0.29, 0.717) is 31.6 Å².